The Balaban J connectivity index is 2.21. The van der Waals surface area contributed by atoms with Gasteiger partial charge in [-0.2, -0.15) is 0 Å². The number of rotatable bonds is 4. The number of phenols is 1. The summed E-state index contributed by atoms with van der Waals surface area (Å²) >= 11 is 5.76. The molecule has 0 atom stereocenters. The van der Waals surface area contributed by atoms with Crippen LogP contribution in [0.1, 0.15) is 35.2 Å². The highest BCUT2D eigenvalue weighted by Crippen LogP contribution is 2.28. The maximum absolute atomic E-state index is 12.4. The number of aromatic hydroxyl groups is 1. The fourth-order valence-electron chi connectivity index (χ4n) is 2.22. The fraction of sp³-hybridized carbons (Fsp3) is 0.500. The molecule has 0 aromatic heterocycles. The molecule has 0 spiro atoms. The van der Waals surface area contributed by atoms with Gasteiger partial charge in [-0.15, -0.1) is 11.6 Å². The van der Waals surface area contributed by atoms with Crippen molar-refractivity contribution in [2.45, 2.75) is 32.2 Å². The van der Waals surface area contributed by atoms with E-state index in [2.05, 4.69) is 0 Å². The van der Waals surface area contributed by atoms with Crippen LogP contribution in [0.25, 0.3) is 0 Å². The van der Waals surface area contributed by atoms with Crippen LogP contribution < -0.4 is 0 Å². The summed E-state index contributed by atoms with van der Waals surface area (Å²) in [5.41, 5.74) is 1.31. The van der Waals surface area contributed by atoms with E-state index < -0.39 is 0 Å². The Bertz CT molecular complexity index is 443. The van der Waals surface area contributed by atoms with Gasteiger partial charge in [0.2, 0.25) is 0 Å². The highest BCUT2D eigenvalue weighted by molar-refractivity contribution is 6.18. The summed E-state index contributed by atoms with van der Waals surface area (Å²) in [4.78, 5) is 14.2. The Morgan fingerprint density at radius 1 is 1.50 bits per heavy atom. The van der Waals surface area contributed by atoms with Crippen LogP contribution in [0, 0.1) is 6.92 Å². The van der Waals surface area contributed by atoms with Crippen LogP contribution in [0.4, 0.5) is 0 Å². The summed E-state index contributed by atoms with van der Waals surface area (Å²) in [6.07, 6.45) is 3.24. The molecule has 0 radical (unpaired) electrons. The Hall–Kier alpha value is -1.22. The normalized spacial score (nSPS) is 15.2. The van der Waals surface area contributed by atoms with Gasteiger partial charge in [0.25, 0.3) is 5.91 Å². The van der Waals surface area contributed by atoms with Gasteiger partial charge in [0.15, 0.2) is 0 Å². The van der Waals surface area contributed by atoms with E-state index >= 15 is 0 Å². The van der Waals surface area contributed by atoms with Crippen molar-refractivity contribution in [3.05, 3.63) is 29.3 Å². The number of carbonyl (C=O) groups is 1. The van der Waals surface area contributed by atoms with Gasteiger partial charge in [-0.3, -0.25) is 4.79 Å². The smallest absolute Gasteiger partial charge is 0.257 e. The van der Waals surface area contributed by atoms with Gasteiger partial charge in [0.1, 0.15) is 5.75 Å². The summed E-state index contributed by atoms with van der Waals surface area (Å²) in [7, 11) is 0. The maximum Gasteiger partial charge on any atom is 0.257 e. The van der Waals surface area contributed by atoms with Gasteiger partial charge in [0.05, 0.1) is 5.56 Å². The molecular formula is C14H18ClNO2. The SMILES string of the molecule is Cc1ccc(C(=O)N(CCCl)C2CCC2)c(O)c1. The number of benzene rings is 1. The van der Waals surface area contributed by atoms with Gasteiger partial charge >= 0.3 is 0 Å². The topological polar surface area (TPSA) is 40.5 Å². The summed E-state index contributed by atoms with van der Waals surface area (Å²) in [5, 5.41) is 9.87. The molecule has 0 aliphatic heterocycles. The molecule has 1 N–H and O–H groups in total. The summed E-state index contributed by atoms with van der Waals surface area (Å²) in [6.45, 7) is 2.43. The third-order valence-electron chi connectivity index (χ3n) is 3.49. The second-order valence-electron chi connectivity index (χ2n) is 4.79. The van der Waals surface area contributed by atoms with Crippen molar-refractivity contribution >= 4 is 17.5 Å². The van der Waals surface area contributed by atoms with Crippen LogP contribution in [-0.2, 0) is 0 Å². The number of phenolic OH excluding ortho intramolecular Hbond substituents is 1. The molecule has 4 heteroatoms. The first-order chi connectivity index (χ1) is 8.63. The first-order valence-corrected chi connectivity index (χ1v) is 6.83. The highest BCUT2D eigenvalue weighted by Gasteiger charge is 2.29. The summed E-state index contributed by atoms with van der Waals surface area (Å²) in [6, 6.07) is 5.43. The zero-order valence-electron chi connectivity index (χ0n) is 10.5. The first-order valence-electron chi connectivity index (χ1n) is 6.30. The van der Waals surface area contributed by atoms with Gasteiger partial charge < -0.3 is 10.0 Å². The molecule has 98 valence electrons. The largest absolute Gasteiger partial charge is 0.507 e. The Morgan fingerprint density at radius 2 is 2.22 bits per heavy atom. The van der Waals surface area contributed by atoms with Gasteiger partial charge in [-0.25, -0.2) is 0 Å². The third-order valence-corrected chi connectivity index (χ3v) is 3.65. The summed E-state index contributed by atoms with van der Waals surface area (Å²) in [5.74, 6) is 0.367. The van der Waals surface area contributed by atoms with Crippen LogP contribution in [-0.4, -0.2) is 34.4 Å². The second-order valence-corrected chi connectivity index (χ2v) is 5.17. The molecule has 0 heterocycles. The van der Waals surface area contributed by atoms with Crippen LogP contribution in [0.3, 0.4) is 0 Å². The van der Waals surface area contributed by atoms with Crippen molar-refractivity contribution in [1.29, 1.82) is 0 Å². The fourth-order valence-corrected chi connectivity index (χ4v) is 2.40. The minimum atomic E-state index is -0.113. The zero-order valence-corrected chi connectivity index (χ0v) is 11.3. The average Bonchev–Trinajstić information content (AvgIpc) is 2.25. The van der Waals surface area contributed by atoms with Crippen molar-refractivity contribution in [2.75, 3.05) is 12.4 Å². The van der Waals surface area contributed by atoms with Crippen molar-refractivity contribution < 1.29 is 9.90 Å². The number of nitrogens with zero attached hydrogens (tertiary/aromatic N) is 1. The lowest BCUT2D eigenvalue weighted by atomic mass is 9.91. The minimum absolute atomic E-state index is 0.0545. The molecule has 2 rings (SSSR count). The van der Waals surface area contributed by atoms with E-state index in [4.69, 9.17) is 11.6 Å². The molecule has 3 nitrogen and oxygen atoms in total. The molecule has 0 unspecified atom stereocenters. The number of carbonyl (C=O) groups excluding carboxylic acids is 1. The number of hydrogen-bond donors (Lipinski definition) is 1. The Kier molecular flexibility index (Phi) is 4.12. The molecule has 1 aromatic rings. The van der Waals surface area contributed by atoms with E-state index in [0.29, 0.717) is 18.0 Å². The molecule has 1 aliphatic rings. The lowest BCUT2D eigenvalue weighted by Crippen LogP contribution is -2.45. The van der Waals surface area contributed by atoms with Gasteiger partial charge in [-0.1, -0.05) is 6.07 Å². The molecule has 0 bridgehead atoms. The number of alkyl halides is 1. The number of amides is 1. The summed E-state index contributed by atoms with van der Waals surface area (Å²) < 4.78 is 0. The molecule has 1 amide bonds. The van der Waals surface area contributed by atoms with Crippen molar-refractivity contribution in [3.63, 3.8) is 0 Å². The van der Waals surface area contributed by atoms with Crippen LogP contribution in [0.2, 0.25) is 0 Å². The molecule has 18 heavy (non-hydrogen) atoms. The van der Waals surface area contributed by atoms with E-state index in [9.17, 15) is 9.90 Å². The standard InChI is InChI=1S/C14H18ClNO2/c1-10-5-6-12(13(17)9-10)14(18)16(8-7-15)11-3-2-4-11/h5-6,9,11,17H,2-4,7-8H2,1H3. The van der Waals surface area contributed by atoms with Crippen LogP contribution in [0.5, 0.6) is 5.75 Å². The highest BCUT2D eigenvalue weighted by atomic mass is 35.5. The quantitative estimate of drug-likeness (QED) is 0.852. The first kappa shape index (κ1) is 13.2. The predicted molar refractivity (Wildman–Crippen MR) is 72.2 cm³/mol. The van der Waals surface area contributed by atoms with Gasteiger partial charge in [0, 0.05) is 18.5 Å². The molecule has 1 saturated carbocycles. The average molecular weight is 268 g/mol. The van der Waals surface area contributed by atoms with Crippen molar-refractivity contribution in [2.24, 2.45) is 0 Å². The number of halogens is 1. The van der Waals surface area contributed by atoms with E-state index in [-0.39, 0.29) is 17.7 Å². The van der Waals surface area contributed by atoms with E-state index in [0.717, 1.165) is 24.8 Å². The lowest BCUT2D eigenvalue weighted by Gasteiger charge is -2.37. The minimum Gasteiger partial charge on any atom is -0.507 e. The lowest BCUT2D eigenvalue weighted by molar-refractivity contribution is 0.0595. The number of aryl methyl sites for hydroxylation is 1. The zero-order chi connectivity index (χ0) is 13.1. The second kappa shape index (κ2) is 5.61. The van der Waals surface area contributed by atoms with Crippen molar-refractivity contribution in [1.82, 2.24) is 4.90 Å². The maximum atomic E-state index is 12.4. The molecular weight excluding hydrogens is 250 g/mol. The molecule has 1 fully saturated rings. The van der Waals surface area contributed by atoms with Crippen molar-refractivity contribution in [3.8, 4) is 5.75 Å². The van der Waals surface area contributed by atoms with Crippen LogP contribution >= 0.6 is 11.6 Å². The van der Waals surface area contributed by atoms with Gasteiger partial charge in [-0.05, 0) is 43.9 Å². The Labute approximate surface area is 112 Å². The molecule has 1 aliphatic carbocycles. The van der Waals surface area contributed by atoms with E-state index in [1.165, 1.54) is 0 Å². The third kappa shape index (κ3) is 2.61. The van der Waals surface area contributed by atoms with Crippen LogP contribution in [0.15, 0.2) is 18.2 Å². The molecule has 0 saturated heterocycles. The Morgan fingerprint density at radius 3 is 2.72 bits per heavy atom. The monoisotopic (exact) mass is 267 g/mol. The van der Waals surface area contributed by atoms with E-state index in [1.54, 1.807) is 17.0 Å². The van der Waals surface area contributed by atoms with E-state index in [1.807, 2.05) is 13.0 Å². The molecule has 1 aromatic carbocycles. The number of hydrogen-bond acceptors (Lipinski definition) is 2. The predicted octanol–water partition coefficient (Wildman–Crippen LogP) is 2.93.